The van der Waals surface area contributed by atoms with Gasteiger partial charge >= 0.3 is 0 Å². The topological polar surface area (TPSA) is 26.3 Å². The minimum Gasteiger partial charge on any atom is -0.597 e. The van der Waals surface area contributed by atoms with Gasteiger partial charge in [0.15, 0.2) is 0 Å². The van der Waals surface area contributed by atoms with E-state index in [1.165, 1.54) is 31.4 Å². The quantitative estimate of drug-likeness (QED) is 0.759. The molecular weight excluding hydrogens is 285 g/mol. The number of benzene rings is 1. The Morgan fingerprint density at radius 2 is 1.86 bits per heavy atom. The second-order valence-electron chi connectivity index (χ2n) is 6.99. The zero-order valence-corrected chi connectivity index (χ0v) is 14.3. The molecule has 2 atom stereocenters. The Morgan fingerprint density at radius 3 is 2.29 bits per heavy atom. The van der Waals surface area contributed by atoms with Crippen molar-refractivity contribution in [3.63, 3.8) is 0 Å². The van der Waals surface area contributed by atoms with E-state index in [4.69, 9.17) is 0 Å². The molecule has 0 saturated heterocycles. The van der Waals surface area contributed by atoms with Crippen molar-refractivity contribution in [1.82, 2.24) is 4.31 Å². The van der Waals surface area contributed by atoms with Crippen LogP contribution in [0.4, 0.5) is 4.39 Å². The van der Waals surface area contributed by atoms with Crippen LogP contribution in [0.25, 0.3) is 0 Å². The molecule has 2 nitrogen and oxygen atoms in total. The van der Waals surface area contributed by atoms with Gasteiger partial charge in [-0.2, -0.15) is 0 Å². The van der Waals surface area contributed by atoms with Crippen LogP contribution in [0, 0.1) is 11.7 Å². The van der Waals surface area contributed by atoms with Gasteiger partial charge in [0.25, 0.3) is 0 Å². The van der Waals surface area contributed by atoms with Crippen LogP contribution < -0.4 is 0 Å². The van der Waals surface area contributed by atoms with Crippen LogP contribution in [0.1, 0.15) is 52.5 Å². The summed E-state index contributed by atoms with van der Waals surface area (Å²) in [5, 5.41) is 0. The summed E-state index contributed by atoms with van der Waals surface area (Å²) in [5.41, 5.74) is 1.01. The molecule has 0 spiro atoms. The first kappa shape index (κ1) is 16.8. The van der Waals surface area contributed by atoms with Gasteiger partial charge < -0.3 is 4.55 Å². The predicted molar refractivity (Wildman–Crippen MR) is 86.6 cm³/mol. The molecule has 1 saturated carbocycles. The van der Waals surface area contributed by atoms with Gasteiger partial charge in [-0.15, -0.1) is 4.31 Å². The van der Waals surface area contributed by atoms with Crippen LogP contribution in [0.15, 0.2) is 24.3 Å². The van der Waals surface area contributed by atoms with Crippen LogP contribution in [0.3, 0.4) is 0 Å². The van der Waals surface area contributed by atoms with Gasteiger partial charge in [0.05, 0.1) is 12.6 Å². The zero-order valence-electron chi connectivity index (χ0n) is 13.4. The van der Waals surface area contributed by atoms with Crippen LogP contribution in [-0.2, 0) is 17.9 Å². The Bertz CT molecular complexity index is 453. The smallest absolute Gasteiger partial charge is 0.137 e. The molecule has 0 radical (unpaired) electrons. The molecule has 1 aliphatic rings. The predicted octanol–water partition coefficient (Wildman–Crippen LogP) is 4.28. The molecule has 1 unspecified atom stereocenters. The fraction of sp³-hybridized carbons (Fsp3) is 0.647. The molecule has 1 aromatic carbocycles. The fourth-order valence-corrected chi connectivity index (χ4v) is 4.08. The van der Waals surface area contributed by atoms with Crippen molar-refractivity contribution in [2.24, 2.45) is 5.92 Å². The van der Waals surface area contributed by atoms with Gasteiger partial charge in [-0.25, -0.2) is 4.39 Å². The van der Waals surface area contributed by atoms with Crippen molar-refractivity contribution >= 4 is 11.4 Å². The molecule has 0 heterocycles. The van der Waals surface area contributed by atoms with Crippen molar-refractivity contribution in [1.29, 1.82) is 0 Å². The molecule has 0 bridgehead atoms. The molecule has 4 heteroatoms. The van der Waals surface area contributed by atoms with Gasteiger partial charge in [0.1, 0.15) is 10.6 Å². The Labute approximate surface area is 131 Å². The minimum absolute atomic E-state index is 0.228. The van der Waals surface area contributed by atoms with E-state index < -0.39 is 11.4 Å². The first-order chi connectivity index (χ1) is 9.79. The zero-order chi connectivity index (χ0) is 15.6. The lowest BCUT2D eigenvalue weighted by atomic mass is 9.80. The number of rotatable bonds is 5. The van der Waals surface area contributed by atoms with E-state index in [1.54, 1.807) is 12.1 Å². The van der Waals surface area contributed by atoms with E-state index in [9.17, 15) is 8.94 Å². The number of hydrogen-bond donors (Lipinski definition) is 0. The monoisotopic (exact) mass is 311 g/mol. The standard InChI is InChI=1S/C17H26FNOS/c1-13(15-6-5-7-15)19(21(20)17(2,3)4)12-14-8-10-16(18)11-9-14/h8-11,13,15H,5-7,12H2,1-4H3/t13-,21?/m0/s1. The summed E-state index contributed by atoms with van der Waals surface area (Å²) in [4.78, 5) is 0. The minimum atomic E-state index is -1.06. The Balaban J connectivity index is 2.16. The average molecular weight is 311 g/mol. The normalized spacial score (nSPS) is 19.4. The summed E-state index contributed by atoms with van der Waals surface area (Å²) < 4.78 is 27.7. The SMILES string of the molecule is C[C@@H](C1CCC1)N(Cc1ccc(F)cc1)[S+]([O-])C(C)(C)C. The third-order valence-corrected chi connectivity index (χ3v) is 6.21. The average Bonchev–Trinajstić information content (AvgIpc) is 2.34. The highest BCUT2D eigenvalue weighted by molar-refractivity contribution is 7.90. The molecule has 21 heavy (non-hydrogen) atoms. The Morgan fingerprint density at radius 1 is 1.29 bits per heavy atom. The van der Waals surface area contributed by atoms with Crippen molar-refractivity contribution in [3.8, 4) is 0 Å². The van der Waals surface area contributed by atoms with Crippen LogP contribution in [-0.4, -0.2) is 19.6 Å². The van der Waals surface area contributed by atoms with Crippen LogP contribution >= 0.6 is 0 Å². The Hall–Kier alpha value is -0.580. The summed E-state index contributed by atoms with van der Waals surface area (Å²) in [7, 11) is 0. The van der Waals surface area contributed by atoms with Crippen molar-refractivity contribution in [2.75, 3.05) is 0 Å². The van der Waals surface area contributed by atoms with Crippen LogP contribution in [0.5, 0.6) is 0 Å². The van der Waals surface area contributed by atoms with E-state index in [1.807, 2.05) is 20.8 Å². The fourth-order valence-electron chi connectivity index (χ4n) is 2.63. The first-order valence-electron chi connectivity index (χ1n) is 7.72. The molecule has 0 N–H and O–H groups in total. The van der Waals surface area contributed by atoms with Gasteiger partial charge in [-0.05, 0) is 64.2 Å². The molecule has 118 valence electrons. The molecular formula is C17H26FNOS. The maximum atomic E-state index is 13.0. The van der Waals surface area contributed by atoms with Gasteiger partial charge in [-0.3, -0.25) is 0 Å². The largest absolute Gasteiger partial charge is 0.597 e. The van der Waals surface area contributed by atoms with E-state index in [-0.39, 0.29) is 10.6 Å². The maximum Gasteiger partial charge on any atom is 0.137 e. The van der Waals surface area contributed by atoms with Crippen molar-refractivity contribution in [3.05, 3.63) is 35.6 Å². The third kappa shape index (κ3) is 4.21. The summed E-state index contributed by atoms with van der Waals surface area (Å²) in [6.45, 7) is 8.82. The molecule has 0 aliphatic heterocycles. The second kappa shape index (κ2) is 6.67. The molecule has 1 aliphatic carbocycles. The second-order valence-corrected chi connectivity index (χ2v) is 9.19. The maximum absolute atomic E-state index is 13.0. The highest BCUT2D eigenvalue weighted by Gasteiger charge is 2.40. The molecule has 0 amide bonds. The van der Waals surface area contributed by atoms with Gasteiger partial charge in [-0.1, -0.05) is 18.6 Å². The number of nitrogens with zero attached hydrogens (tertiary/aromatic N) is 1. The first-order valence-corrected chi connectivity index (χ1v) is 8.83. The Kier molecular flexibility index (Phi) is 5.33. The van der Waals surface area contributed by atoms with Gasteiger partial charge in [0.2, 0.25) is 0 Å². The number of halogens is 1. The third-order valence-electron chi connectivity index (χ3n) is 4.27. The summed E-state index contributed by atoms with van der Waals surface area (Å²) in [6.07, 6.45) is 3.73. The van der Waals surface area contributed by atoms with Gasteiger partial charge in [0, 0.05) is 11.4 Å². The summed E-state index contributed by atoms with van der Waals surface area (Å²) in [5.74, 6) is 0.408. The summed E-state index contributed by atoms with van der Waals surface area (Å²) in [6, 6.07) is 6.82. The summed E-state index contributed by atoms with van der Waals surface area (Å²) >= 11 is -1.06. The van der Waals surface area contributed by atoms with E-state index in [2.05, 4.69) is 11.2 Å². The van der Waals surface area contributed by atoms with E-state index in [0.717, 1.165) is 5.56 Å². The molecule has 1 fully saturated rings. The lowest BCUT2D eigenvalue weighted by molar-refractivity contribution is 0.168. The highest BCUT2D eigenvalue weighted by Crippen LogP contribution is 2.36. The van der Waals surface area contributed by atoms with E-state index >= 15 is 0 Å². The lowest BCUT2D eigenvalue weighted by Crippen LogP contribution is -2.50. The van der Waals surface area contributed by atoms with Crippen molar-refractivity contribution < 1.29 is 8.94 Å². The highest BCUT2D eigenvalue weighted by atomic mass is 32.2. The van der Waals surface area contributed by atoms with E-state index in [0.29, 0.717) is 18.5 Å². The lowest BCUT2D eigenvalue weighted by Gasteiger charge is -2.41. The molecule has 0 aromatic heterocycles. The van der Waals surface area contributed by atoms with Crippen molar-refractivity contribution in [2.45, 2.75) is 64.3 Å². The number of hydrogen-bond acceptors (Lipinski definition) is 2. The van der Waals surface area contributed by atoms with Crippen LogP contribution in [0.2, 0.25) is 0 Å². The molecule has 2 rings (SSSR count). The molecule has 1 aromatic rings.